The summed E-state index contributed by atoms with van der Waals surface area (Å²) in [6.07, 6.45) is 73.2. The van der Waals surface area contributed by atoms with Gasteiger partial charge in [-0.1, -0.05) is 235 Å². The van der Waals surface area contributed by atoms with Crippen molar-refractivity contribution in [2.45, 2.75) is 297 Å². The average molecular weight is 964 g/mol. The molecule has 0 spiro atoms. The highest BCUT2D eigenvalue weighted by molar-refractivity contribution is 5.71. The minimum absolute atomic E-state index is 0.0869. The molecule has 0 aliphatic carbocycles. The van der Waals surface area contributed by atoms with Gasteiger partial charge in [-0.2, -0.15) is 0 Å². The zero-order valence-electron chi connectivity index (χ0n) is 45.6. The molecule has 0 saturated heterocycles. The van der Waals surface area contributed by atoms with Crippen molar-refractivity contribution in [2.75, 3.05) is 13.2 Å². The van der Waals surface area contributed by atoms with Crippen LogP contribution in [0.15, 0.2) is 72.9 Å². The molecule has 69 heavy (non-hydrogen) atoms. The zero-order chi connectivity index (χ0) is 50.0. The van der Waals surface area contributed by atoms with Gasteiger partial charge in [0.1, 0.15) is 13.2 Å². The summed E-state index contributed by atoms with van der Waals surface area (Å²) >= 11 is 0. The number of hydrogen-bond acceptors (Lipinski definition) is 6. The lowest BCUT2D eigenvalue weighted by atomic mass is 10.1. The summed E-state index contributed by atoms with van der Waals surface area (Å²) in [6.45, 7) is 6.52. The van der Waals surface area contributed by atoms with Gasteiger partial charge in [-0.3, -0.25) is 14.4 Å². The molecule has 0 aliphatic heterocycles. The monoisotopic (exact) mass is 963 g/mol. The molecule has 398 valence electrons. The summed E-state index contributed by atoms with van der Waals surface area (Å²) < 4.78 is 16.9. The topological polar surface area (TPSA) is 78.9 Å². The van der Waals surface area contributed by atoms with E-state index in [4.69, 9.17) is 14.2 Å². The predicted molar refractivity (Wildman–Crippen MR) is 298 cm³/mol. The summed E-state index contributed by atoms with van der Waals surface area (Å²) in [4.78, 5) is 38.2. The molecule has 0 heterocycles. The molecule has 0 rings (SSSR count). The SMILES string of the molecule is CC/C=C\C/C=C\C/C=C\C/C=C\CCCCCCCCC(=O)OCC(COC(=O)CCCCCCC/C=C\CCCCCCCCC)OC(=O)CCCCCCC/C=C\CCCCCCCCC. The molecule has 0 radical (unpaired) electrons. The van der Waals surface area contributed by atoms with Crippen molar-refractivity contribution in [3.63, 3.8) is 0 Å². The average Bonchev–Trinajstić information content (AvgIpc) is 3.35. The van der Waals surface area contributed by atoms with Crippen LogP contribution in [0.25, 0.3) is 0 Å². The smallest absolute Gasteiger partial charge is 0.306 e. The van der Waals surface area contributed by atoms with E-state index in [-0.39, 0.29) is 31.1 Å². The van der Waals surface area contributed by atoms with E-state index in [1.54, 1.807) is 0 Å². The van der Waals surface area contributed by atoms with Gasteiger partial charge in [0.25, 0.3) is 0 Å². The van der Waals surface area contributed by atoms with Crippen LogP contribution in [0.3, 0.4) is 0 Å². The third kappa shape index (κ3) is 55.6. The highest BCUT2D eigenvalue weighted by Gasteiger charge is 2.19. The number of esters is 3. The van der Waals surface area contributed by atoms with Crippen LogP contribution in [-0.2, 0) is 28.6 Å². The molecule has 0 saturated carbocycles. The maximum Gasteiger partial charge on any atom is 0.306 e. The lowest BCUT2D eigenvalue weighted by molar-refractivity contribution is -0.167. The lowest BCUT2D eigenvalue weighted by Crippen LogP contribution is -2.30. The zero-order valence-corrected chi connectivity index (χ0v) is 45.6. The molecule has 6 nitrogen and oxygen atoms in total. The molecule has 0 N–H and O–H groups in total. The third-order valence-electron chi connectivity index (χ3n) is 12.7. The first-order valence-corrected chi connectivity index (χ1v) is 29.4. The van der Waals surface area contributed by atoms with Gasteiger partial charge in [-0.25, -0.2) is 0 Å². The minimum atomic E-state index is -0.790. The van der Waals surface area contributed by atoms with Crippen molar-refractivity contribution in [3.05, 3.63) is 72.9 Å². The van der Waals surface area contributed by atoms with Crippen LogP contribution >= 0.6 is 0 Å². The fourth-order valence-corrected chi connectivity index (χ4v) is 8.25. The second-order valence-electron chi connectivity index (χ2n) is 19.5. The molecule has 0 aliphatic rings. The van der Waals surface area contributed by atoms with Gasteiger partial charge in [-0.15, -0.1) is 0 Å². The van der Waals surface area contributed by atoms with E-state index in [1.807, 2.05) is 0 Å². The van der Waals surface area contributed by atoms with Crippen molar-refractivity contribution >= 4 is 17.9 Å². The van der Waals surface area contributed by atoms with Crippen LogP contribution < -0.4 is 0 Å². The van der Waals surface area contributed by atoms with Crippen LogP contribution in [0.4, 0.5) is 0 Å². The van der Waals surface area contributed by atoms with Crippen LogP contribution in [0, 0.1) is 0 Å². The Labute approximate surface area is 427 Å². The van der Waals surface area contributed by atoms with Crippen molar-refractivity contribution in [1.29, 1.82) is 0 Å². The molecule has 0 aromatic carbocycles. The van der Waals surface area contributed by atoms with Crippen LogP contribution in [0.2, 0.25) is 0 Å². The summed E-state index contributed by atoms with van der Waals surface area (Å²) in [7, 11) is 0. The molecule has 0 amide bonds. The van der Waals surface area contributed by atoms with Crippen molar-refractivity contribution in [2.24, 2.45) is 0 Å². The fraction of sp³-hybridized carbons (Fsp3) is 0.762. The van der Waals surface area contributed by atoms with E-state index < -0.39 is 6.10 Å². The van der Waals surface area contributed by atoms with E-state index in [1.165, 1.54) is 141 Å². The largest absolute Gasteiger partial charge is 0.462 e. The van der Waals surface area contributed by atoms with Gasteiger partial charge in [-0.05, 0) is 109 Å². The van der Waals surface area contributed by atoms with Gasteiger partial charge in [0, 0.05) is 19.3 Å². The van der Waals surface area contributed by atoms with E-state index >= 15 is 0 Å². The second kappa shape index (κ2) is 57.4. The van der Waals surface area contributed by atoms with Gasteiger partial charge in [0.2, 0.25) is 0 Å². The van der Waals surface area contributed by atoms with Crippen LogP contribution in [0.5, 0.6) is 0 Å². The highest BCUT2D eigenvalue weighted by atomic mass is 16.6. The molecule has 0 aromatic heterocycles. The molecule has 6 heteroatoms. The van der Waals surface area contributed by atoms with Crippen molar-refractivity contribution in [3.8, 4) is 0 Å². The predicted octanol–water partition coefficient (Wildman–Crippen LogP) is 19.8. The summed E-state index contributed by atoms with van der Waals surface area (Å²) in [5, 5.41) is 0. The molecular weight excluding hydrogens is 853 g/mol. The first kappa shape index (κ1) is 65.8. The second-order valence-corrected chi connectivity index (χ2v) is 19.5. The molecule has 1 unspecified atom stereocenters. The fourth-order valence-electron chi connectivity index (χ4n) is 8.25. The third-order valence-corrected chi connectivity index (χ3v) is 12.7. The minimum Gasteiger partial charge on any atom is -0.462 e. The first-order chi connectivity index (χ1) is 34.0. The Morgan fingerprint density at radius 3 is 0.899 bits per heavy atom. The maximum atomic E-state index is 12.9. The number of unbranched alkanes of at least 4 members (excludes halogenated alkanes) is 30. The lowest BCUT2D eigenvalue weighted by Gasteiger charge is -2.18. The molecule has 0 aromatic rings. The van der Waals surface area contributed by atoms with Gasteiger partial charge in [0.05, 0.1) is 0 Å². The normalized spacial score (nSPS) is 12.6. The number of hydrogen-bond donors (Lipinski definition) is 0. The maximum absolute atomic E-state index is 12.9. The van der Waals surface area contributed by atoms with E-state index in [0.29, 0.717) is 19.3 Å². The van der Waals surface area contributed by atoms with Gasteiger partial charge in [0.15, 0.2) is 6.10 Å². The van der Waals surface area contributed by atoms with E-state index in [0.717, 1.165) is 109 Å². The van der Waals surface area contributed by atoms with Crippen molar-refractivity contribution in [1.82, 2.24) is 0 Å². The Bertz CT molecular complexity index is 1290. The molecule has 0 bridgehead atoms. The summed E-state index contributed by atoms with van der Waals surface area (Å²) in [5.74, 6) is -0.908. The standard InChI is InChI=1S/C63H110O6/c1-4-7-10-13-16-19-22-25-28-31-32-33-36-38-41-44-47-50-53-56-62(65)68-59-60(69-63(66)57-54-51-48-45-42-39-35-30-27-24-21-18-15-12-9-6-3)58-67-61(64)55-52-49-46-43-40-37-34-29-26-23-20-17-14-11-8-5-2/h7,10,16,19,25,28-30,32-35,60H,4-6,8-9,11-15,17-18,20-24,26-27,31,36-59H2,1-3H3/b10-7-,19-16-,28-25-,33-32-,34-29-,35-30-. The number of rotatable bonds is 53. The van der Waals surface area contributed by atoms with Crippen LogP contribution in [-0.4, -0.2) is 37.2 Å². The summed E-state index contributed by atoms with van der Waals surface area (Å²) in [5.41, 5.74) is 0. The number of allylic oxidation sites excluding steroid dienone is 12. The van der Waals surface area contributed by atoms with Crippen molar-refractivity contribution < 1.29 is 28.6 Å². The highest BCUT2D eigenvalue weighted by Crippen LogP contribution is 2.15. The Morgan fingerprint density at radius 1 is 0.304 bits per heavy atom. The number of carbonyl (C=O) groups excluding carboxylic acids is 3. The Kier molecular flexibility index (Phi) is 54.8. The number of carbonyl (C=O) groups is 3. The summed E-state index contributed by atoms with van der Waals surface area (Å²) in [6, 6.07) is 0. The van der Waals surface area contributed by atoms with Crippen LogP contribution in [0.1, 0.15) is 290 Å². The number of ether oxygens (including phenoxy) is 3. The molecular formula is C63H110O6. The Balaban J connectivity index is 4.42. The van der Waals surface area contributed by atoms with E-state index in [9.17, 15) is 14.4 Å². The van der Waals surface area contributed by atoms with E-state index in [2.05, 4.69) is 93.7 Å². The molecule has 1 atom stereocenters. The Morgan fingerprint density at radius 2 is 0.565 bits per heavy atom. The van der Waals surface area contributed by atoms with Gasteiger partial charge >= 0.3 is 17.9 Å². The first-order valence-electron chi connectivity index (χ1n) is 29.4. The Hall–Kier alpha value is -3.15. The quantitative estimate of drug-likeness (QED) is 0.0262. The van der Waals surface area contributed by atoms with Gasteiger partial charge < -0.3 is 14.2 Å². The molecule has 0 fully saturated rings.